The number of anilines is 1. The number of hydrogen-bond acceptors (Lipinski definition) is 3. The van der Waals surface area contributed by atoms with E-state index in [4.69, 9.17) is 16.3 Å². The molecular weight excluding hydrogens is 307 g/mol. The van der Waals surface area contributed by atoms with Crippen molar-refractivity contribution in [3.8, 4) is 0 Å². The van der Waals surface area contributed by atoms with E-state index in [2.05, 4.69) is 26.6 Å². The van der Waals surface area contributed by atoms with Crippen molar-refractivity contribution in [2.24, 2.45) is 0 Å². The van der Waals surface area contributed by atoms with Crippen LogP contribution in [0, 0.1) is 0 Å². The van der Waals surface area contributed by atoms with Crippen LogP contribution in [-0.4, -0.2) is 31.7 Å². The standard InChI is InChI=1S/C11H12BrClN2O2/c12-8-5-7(1-2-9(8)13)15-11(16)10-6-17-4-3-14-10/h1-2,5,10,14H,3-4,6H2,(H,15,16). The fourth-order valence-electron chi connectivity index (χ4n) is 1.54. The van der Waals surface area contributed by atoms with Crippen LogP contribution in [0.1, 0.15) is 0 Å². The number of rotatable bonds is 2. The molecule has 1 saturated heterocycles. The number of ether oxygens (including phenoxy) is 1. The van der Waals surface area contributed by atoms with Crippen LogP contribution in [0.15, 0.2) is 22.7 Å². The van der Waals surface area contributed by atoms with Gasteiger partial charge in [-0.3, -0.25) is 4.79 Å². The molecule has 0 aliphatic carbocycles. The van der Waals surface area contributed by atoms with Crippen LogP contribution < -0.4 is 10.6 Å². The smallest absolute Gasteiger partial charge is 0.243 e. The van der Waals surface area contributed by atoms with Crippen molar-refractivity contribution >= 4 is 39.1 Å². The Morgan fingerprint density at radius 2 is 2.41 bits per heavy atom. The number of halogens is 2. The highest BCUT2D eigenvalue weighted by molar-refractivity contribution is 9.10. The van der Waals surface area contributed by atoms with Gasteiger partial charge in [-0.1, -0.05) is 11.6 Å². The van der Waals surface area contributed by atoms with Crippen LogP contribution in [0.4, 0.5) is 5.69 Å². The molecule has 2 rings (SSSR count). The summed E-state index contributed by atoms with van der Waals surface area (Å²) < 4.78 is 5.98. The summed E-state index contributed by atoms with van der Waals surface area (Å²) in [4.78, 5) is 11.9. The molecule has 1 aliphatic rings. The van der Waals surface area contributed by atoms with Crippen LogP contribution in [-0.2, 0) is 9.53 Å². The molecule has 0 spiro atoms. The maximum Gasteiger partial charge on any atom is 0.243 e. The summed E-state index contributed by atoms with van der Waals surface area (Å²) in [6.07, 6.45) is 0. The summed E-state index contributed by atoms with van der Waals surface area (Å²) >= 11 is 9.18. The summed E-state index contributed by atoms with van der Waals surface area (Å²) in [6.45, 7) is 1.75. The van der Waals surface area contributed by atoms with E-state index in [0.717, 1.165) is 4.47 Å². The lowest BCUT2D eigenvalue weighted by molar-refractivity contribution is -0.120. The van der Waals surface area contributed by atoms with Crippen molar-refractivity contribution in [1.29, 1.82) is 0 Å². The molecule has 1 fully saturated rings. The van der Waals surface area contributed by atoms with Crippen molar-refractivity contribution in [3.63, 3.8) is 0 Å². The first-order valence-electron chi connectivity index (χ1n) is 5.24. The highest BCUT2D eigenvalue weighted by Gasteiger charge is 2.21. The van der Waals surface area contributed by atoms with Gasteiger partial charge in [-0.2, -0.15) is 0 Å². The number of carbonyl (C=O) groups is 1. The van der Waals surface area contributed by atoms with E-state index in [1.165, 1.54) is 0 Å². The molecule has 6 heteroatoms. The highest BCUT2D eigenvalue weighted by Crippen LogP contribution is 2.25. The molecule has 1 aliphatic heterocycles. The van der Waals surface area contributed by atoms with Crippen LogP contribution in [0.3, 0.4) is 0 Å². The zero-order valence-corrected chi connectivity index (χ0v) is 11.3. The van der Waals surface area contributed by atoms with Crippen molar-refractivity contribution < 1.29 is 9.53 Å². The fraction of sp³-hybridized carbons (Fsp3) is 0.364. The molecule has 1 aromatic carbocycles. The van der Waals surface area contributed by atoms with Crippen LogP contribution in [0.5, 0.6) is 0 Å². The third-order valence-corrected chi connectivity index (χ3v) is 3.64. The number of morpholine rings is 1. The van der Waals surface area contributed by atoms with Crippen LogP contribution in [0.2, 0.25) is 5.02 Å². The van der Waals surface area contributed by atoms with Gasteiger partial charge in [0.25, 0.3) is 0 Å². The average Bonchev–Trinajstić information content (AvgIpc) is 2.35. The lowest BCUT2D eigenvalue weighted by Gasteiger charge is -2.22. The third kappa shape index (κ3) is 3.42. The maximum absolute atomic E-state index is 11.9. The quantitative estimate of drug-likeness (QED) is 0.877. The Hall–Kier alpha value is -0.620. The summed E-state index contributed by atoms with van der Waals surface area (Å²) in [5.74, 6) is -0.0982. The molecule has 0 bridgehead atoms. The van der Waals surface area contributed by atoms with Crippen molar-refractivity contribution in [2.45, 2.75) is 6.04 Å². The van der Waals surface area contributed by atoms with Crippen molar-refractivity contribution in [1.82, 2.24) is 5.32 Å². The van der Waals surface area contributed by atoms with Gasteiger partial charge in [-0.15, -0.1) is 0 Å². The first-order valence-corrected chi connectivity index (χ1v) is 6.41. The number of nitrogens with one attached hydrogen (secondary N) is 2. The first-order chi connectivity index (χ1) is 8.16. The summed E-state index contributed by atoms with van der Waals surface area (Å²) in [5.41, 5.74) is 0.707. The molecule has 17 heavy (non-hydrogen) atoms. The van der Waals surface area contributed by atoms with E-state index >= 15 is 0 Å². The number of benzene rings is 1. The largest absolute Gasteiger partial charge is 0.378 e. The van der Waals surface area contributed by atoms with Gasteiger partial charge in [-0.05, 0) is 34.1 Å². The molecule has 1 aromatic rings. The Bertz CT molecular complexity index is 422. The van der Waals surface area contributed by atoms with Gasteiger partial charge in [0.1, 0.15) is 6.04 Å². The maximum atomic E-state index is 11.9. The minimum atomic E-state index is -0.293. The molecule has 1 unspecified atom stereocenters. The minimum Gasteiger partial charge on any atom is -0.378 e. The number of hydrogen-bond donors (Lipinski definition) is 2. The summed E-state index contributed by atoms with van der Waals surface area (Å²) in [6, 6.07) is 4.96. The Kier molecular flexibility index (Phi) is 4.39. The van der Waals surface area contributed by atoms with Gasteiger partial charge in [0.15, 0.2) is 0 Å². The summed E-state index contributed by atoms with van der Waals surface area (Å²) in [5, 5.41) is 6.51. The Morgan fingerprint density at radius 1 is 1.59 bits per heavy atom. The normalized spacial score (nSPS) is 20.0. The monoisotopic (exact) mass is 318 g/mol. The predicted octanol–water partition coefficient (Wildman–Crippen LogP) is 2.03. The van der Waals surface area contributed by atoms with E-state index in [0.29, 0.717) is 30.5 Å². The van der Waals surface area contributed by atoms with Gasteiger partial charge >= 0.3 is 0 Å². The molecule has 1 amide bonds. The second-order valence-electron chi connectivity index (χ2n) is 3.70. The Labute approximate surface area is 113 Å². The molecule has 0 radical (unpaired) electrons. The van der Waals surface area contributed by atoms with E-state index < -0.39 is 0 Å². The van der Waals surface area contributed by atoms with Gasteiger partial charge in [0.2, 0.25) is 5.91 Å². The van der Waals surface area contributed by atoms with Crippen LogP contribution in [0.25, 0.3) is 0 Å². The Balaban J connectivity index is 1.99. The van der Waals surface area contributed by atoms with Gasteiger partial charge < -0.3 is 15.4 Å². The second-order valence-corrected chi connectivity index (χ2v) is 4.96. The number of amides is 1. The predicted molar refractivity (Wildman–Crippen MR) is 70.4 cm³/mol. The van der Waals surface area contributed by atoms with Crippen molar-refractivity contribution in [3.05, 3.63) is 27.7 Å². The van der Waals surface area contributed by atoms with E-state index in [-0.39, 0.29) is 11.9 Å². The topological polar surface area (TPSA) is 50.4 Å². The SMILES string of the molecule is O=C(Nc1ccc(Cl)c(Br)c1)C1COCCN1. The molecule has 2 N–H and O–H groups in total. The second kappa shape index (κ2) is 5.82. The highest BCUT2D eigenvalue weighted by atomic mass is 79.9. The van der Waals surface area contributed by atoms with Gasteiger partial charge in [-0.25, -0.2) is 0 Å². The lowest BCUT2D eigenvalue weighted by Crippen LogP contribution is -2.48. The van der Waals surface area contributed by atoms with Gasteiger partial charge in [0.05, 0.1) is 18.2 Å². The summed E-state index contributed by atoms with van der Waals surface area (Å²) in [7, 11) is 0. The molecule has 4 nitrogen and oxygen atoms in total. The minimum absolute atomic E-state index is 0.0982. The molecule has 92 valence electrons. The van der Waals surface area contributed by atoms with E-state index in [1.54, 1.807) is 18.2 Å². The molecule has 0 aromatic heterocycles. The zero-order valence-electron chi connectivity index (χ0n) is 9.00. The first kappa shape index (κ1) is 12.8. The zero-order chi connectivity index (χ0) is 12.3. The lowest BCUT2D eigenvalue weighted by atomic mass is 10.2. The fourth-order valence-corrected chi connectivity index (χ4v) is 2.03. The molecule has 1 atom stereocenters. The molecular formula is C11H12BrClN2O2. The van der Waals surface area contributed by atoms with Crippen molar-refractivity contribution in [2.75, 3.05) is 25.1 Å². The van der Waals surface area contributed by atoms with Gasteiger partial charge in [0, 0.05) is 16.7 Å². The average molecular weight is 320 g/mol. The molecule has 0 saturated carbocycles. The molecule has 1 heterocycles. The third-order valence-electron chi connectivity index (χ3n) is 2.43. The van der Waals surface area contributed by atoms with Crippen LogP contribution >= 0.6 is 27.5 Å². The van der Waals surface area contributed by atoms with E-state index in [1.807, 2.05) is 0 Å². The number of carbonyl (C=O) groups excluding carboxylic acids is 1. The Morgan fingerprint density at radius 3 is 3.06 bits per heavy atom. The van der Waals surface area contributed by atoms with E-state index in [9.17, 15) is 4.79 Å².